The van der Waals surface area contributed by atoms with Crippen LogP contribution in [0.2, 0.25) is 0 Å². The molecule has 2 aliphatic heterocycles. The zero-order valence-corrected chi connectivity index (χ0v) is 13.5. The van der Waals surface area contributed by atoms with E-state index in [-0.39, 0.29) is 17.1 Å². The average molecular weight is 327 g/mol. The van der Waals surface area contributed by atoms with Gasteiger partial charge in [0.2, 0.25) is 15.9 Å². The van der Waals surface area contributed by atoms with Crippen LogP contribution in [-0.4, -0.2) is 54.4 Å². The van der Waals surface area contributed by atoms with E-state index >= 15 is 0 Å². The van der Waals surface area contributed by atoms with Gasteiger partial charge in [0, 0.05) is 25.4 Å². The molecular formula is C14H21N3O4S. The fourth-order valence-electron chi connectivity index (χ4n) is 3.70. The summed E-state index contributed by atoms with van der Waals surface area (Å²) < 4.78 is 37.5. The van der Waals surface area contributed by atoms with Gasteiger partial charge in [-0.2, -0.15) is 4.98 Å². The molecule has 8 heteroatoms. The normalized spacial score (nSPS) is 33.0. The van der Waals surface area contributed by atoms with Crippen molar-refractivity contribution in [1.82, 2.24) is 14.4 Å². The van der Waals surface area contributed by atoms with Gasteiger partial charge in [-0.15, -0.1) is 0 Å². The van der Waals surface area contributed by atoms with Gasteiger partial charge < -0.3 is 9.26 Å². The summed E-state index contributed by atoms with van der Waals surface area (Å²) in [5, 5.41) is 3.69. The molecule has 0 amide bonds. The second-order valence-corrected chi connectivity index (χ2v) is 8.94. The molecule has 1 saturated carbocycles. The van der Waals surface area contributed by atoms with E-state index in [1.54, 1.807) is 11.2 Å². The predicted molar refractivity (Wildman–Crippen MR) is 77.5 cm³/mol. The number of rotatable bonds is 4. The van der Waals surface area contributed by atoms with Crippen molar-refractivity contribution < 1.29 is 17.7 Å². The number of hydrogen-bond donors (Lipinski definition) is 0. The third-order valence-electron chi connectivity index (χ3n) is 5.04. The molecule has 122 valence electrons. The number of sulfonamides is 1. The second kappa shape index (κ2) is 5.28. The van der Waals surface area contributed by atoms with Crippen molar-refractivity contribution in [3.63, 3.8) is 0 Å². The summed E-state index contributed by atoms with van der Waals surface area (Å²) >= 11 is 0. The maximum absolute atomic E-state index is 12.5. The molecular weight excluding hydrogens is 306 g/mol. The van der Waals surface area contributed by atoms with E-state index in [9.17, 15) is 8.42 Å². The van der Waals surface area contributed by atoms with Crippen LogP contribution in [0.15, 0.2) is 4.52 Å². The molecule has 4 rings (SSSR count). The molecule has 3 atom stereocenters. The molecule has 0 bridgehead atoms. The molecule has 3 aliphatic rings. The largest absolute Gasteiger partial charge is 0.381 e. The SMILES string of the molecule is Cc1noc(C[C@@H]2COC[C@H]3CN(S(=O)(=O)C4CC4)C[C@@H]23)n1. The fraction of sp³-hybridized carbons (Fsp3) is 0.857. The number of aryl methyl sites for hydroxylation is 1. The van der Waals surface area contributed by atoms with Crippen LogP contribution in [0.1, 0.15) is 24.6 Å². The topological polar surface area (TPSA) is 85.5 Å². The summed E-state index contributed by atoms with van der Waals surface area (Å²) in [7, 11) is -3.09. The van der Waals surface area contributed by atoms with Crippen molar-refractivity contribution in [3.8, 4) is 0 Å². The summed E-state index contributed by atoms with van der Waals surface area (Å²) in [5.74, 6) is 2.12. The van der Waals surface area contributed by atoms with Gasteiger partial charge in [-0.3, -0.25) is 0 Å². The van der Waals surface area contributed by atoms with E-state index in [4.69, 9.17) is 9.26 Å². The molecule has 0 aromatic carbocycles. The molecule has 0 spiro atoms. The predicted octanol–water partition coefficient (Wildman–Crippen LogP) is 0.607. The fourth-order valence-corrected chi connectivity index (χ4v) is 5.64. The molecule has 2 saturated heterocycles. The summed E-state index contributed by atoms with van der Waals surface area (Å²) in [6.45, 7) is 4.31. The lowest BCUT2D eigenvalue weighted by atomic mass is 9.81. The lowest BCUT2D eigenvalue weighted by Crippen LogP contribution is -2.36. The van der Waals surface area contributed by atoms with Gasteiger partial charge >= 0.3 is 0 Å². The van der Waals surface area contributed by atoms with Crippen LogP contribution < -0.4 is 0 Å². The van der Waals surface area contributed by atoms with Crippen molar-refractivity contribution in [2.75, 3.05) is 26.3 Å². The number of hydrogen-bond acceptors (Lipinski definition) is 6. The molecule has 0 N–H and O–H groups in total. The van der Waals surface area contributed by atoms with Gasteiger partial charge in [0.15, 0.2) is 5.82 Å². The van der Waals surface area contributed by atoms with Crippen LogP contribution in [-0.2, 0) is 21.2 Å². The smallest absolute Gasteiger partial charge is 0.227 e. The molecule has 1 aromatic rings. The van der Waals surface area contributed by atoms with Crippen molar-refractivity contribution in [3.05, 3.63) is 11.7 Å². The van der Waals surface area contributed by atoms with Crippen LogP contribution in [0.25, 0.3) is 0 Å². The Morgan fingerprint density at radius 3 is 2.77 bits per heavy atom. The maximum Gasteiger partial charge on any atom is 0.227 e. The third-order valence-corrected chi connectivity index (χ3v) is 7.37. The van der Waals surface area contributed by atoms with Crippen molar-refractivity contribution in [2.45, 2.75) is 31.4 Å². The highest BCUT2D eigenvalue weighted by Gasteiger charge is 2.48. The molecule has 0 radical (unpaired) electrons. The molecule has 1 aromatic heterocycles. The molecule has 22 heavy (non-hydrogen) atoms. The Morgan fingerprint density at radius 2 is 2.09 bits per heavy atom. The monoisotopic (exact) mass is 327 g/mol. The lowest BCUT2D eigenvalue weighted by Gasteiger charge is -2.32. The first-order valence-electron chi connectivity index (χ1n) is 7.90. The number of aromatic nitrogens is 2. The van der Waals surface area contributed by atoms with Gasteiger partial charge in [0.1, 0.15) is 0 Å². The second-order valence-electron chi connectivity index (χ2n) is 6.72. The molecule has 3 heterocycles. The zero-order valence-electron chi connectivity index (χ0n) is 12.6. The van der Waals surface area contributed by atoms with E-state index in [1.807, 2.05) is 0 Å². The molecule has 1 aliphatic carbocycles. The standard InChI is InChI=1S/C14H21N3O4S/c1-9-15-14(21-16-9)4-10-7-20-8-11-5-17(6-13(10)11)22(18,19)12-2-3-12/h10-13H,2-8H2,1H3/t10-,11-,13+/m1/s1. The first kappa shape index (κ1) is 14.6. The Kier molecular flexibility index (Phi) is 3.50. The highest BCUT2D eigenvalue weighted by molar-refractivity contribution is 7.90. The minimum Gasteiger partial charge on any atom is -0.381 e. The van der Waals surface area contributed by atoms with Gasteiger partial charge in [-0.25, -0.2) is 12.7 Å². The first-order valence-corrected chi connectivity index (χ1v) is 9.40. The minimum absolute atomic E-state index is 0.134. The molecule has 0 unspecified atom stereocenters. The third kappa shape index (κ3) is 2.57. The van der Waals surface area contributed by atoms with Crippen molar-refractivity contribution in [2.24, 2.45) is 17.8 Å². The van der Waals surface area contributed by atoms with E-state index in [0.29, 0.717) is 50.4 Å². The first-order chi connectivity index (χ1) is 10.5. The highest BCUT2D eigenvalue weighted by Crippen LogP contribution is 2.40. The van der Waals surface area contributed by atoms with Crippen LogP contribution in [0.5, 0.6) is 0 Å². The Balaban J connectivity index is 1.49. The summed E-state index contributed by atoms with van der Waals surface area (Å²) in [5.41, 5.74) is 0. The lowest BCUT2D eigenvalue weighted by molar-refractivity contribution is -0.0110. The molecule has 7 nitrogen and oxygen atoms in total. The Bertz CT molecular complexity index is 655. The molecule has 3 fully saturated rings. The summed E-state index contributed by atoms with van der Waals surface area (Å²) in [4.78, 5) is 4.26. The zero-order chi connectivity index (χ0) is 15.3. The van der Waals surface area contributed by atoms with Crippen LogP contribution in [0.4, 0.5) is 0 Å². The van der Waals surface area contributed by atoms with Crippen LogP contribution in [0.3, 0.4) is 0 Å². The van der Waals surface area contributed by atoms with Gasteiger partial charge in [-0.05, 0) is 31.6 Å². The van der Waals surface area contributed by atoms with Gasteiger partial charge in [-0.1, -0.05) is 5.16 Å². The number of nitrogens with zero attached hydrogens (tertiary/aromatic N) is 3. The minimum atomic E-state index is -3.09. The van der Waals surface area contributed by atoms with Gasteiger partial charge in [0.05, 0.1) is 18.5 Å². The number of ether oxygens (including phenoxy) is 1. The van der Waals surface area contributed by atoms with Crippen LogP contribution in [0, 0.1) is 24.7 Å². The van der Waals surface area contributed by atoms with E-state index in [2.05, 4.69) is 10.1 Å². The highest BCUT2D eigenvalue weighted by atomic mass is 32.2. The Morgan fingerprint density at radius 1 is 1.27 bits per heavy atom. The Hall–Kier alpha value is -0.990. The van der Waals surface area contributed by atoms with E-state index < -0.39 is 10.0 Å². The van der Waals surface area contributed by atoms with Gasteiger partial charge in [0.25, 0.3) is 0 Å². The van der Waals surface area contributed by atoms with Crippen LogP contribution >= 0.6 is 0 Å². The number of fused-ring (bicyclic) bond motifs is 1. The quantitative estimate of drug-likeness (QED) is 0.805. The maximum atomic E-state index is 12.5. The van der Waals surface area contributed by atoms with E-state index in [0.717, 1.165) is 12.8 Å². The van der Waals surface area contributed by atoms with E-state index in [1.165, 1.54) is 0 Å². The average Bonchev–Trinajstić information content (AvgIpc) is 3.13. The summed E-state index contributed by atoms with van der Waals surface area (Å²) in [6.07, 6.45) is 2.30. The van der Waals surface area contributed by atoms with Crippen molar-refractivity contribution >= 4 is 10.0 Å². The van der Waals surface area contributed by atoms with Crippen molar-refractivity contribution in [1.29, 1.82) is 0 Å². The Labute approximate surface area is 130 Å². The summed E-state index contributed by atoms with van der Waals surface area (Å²) in [6, 6.07) is 0.